The number of fused-ring (bicyclic) bond motifs is 1. The first kappa shape index (κ1) is 10.1. The van der Waals surface area contributed by atoms with E-state index >= 15 is 0 Å². The second-order valence-corrected chi connectivity index (χ2v) is 3.73. The molecule has 86 valence electrons. The van der Waals surface area contributed by atoms with Crippen molar-refractivity contribution in [3.8, 4) is 17.4 Å². The highest BCUT2D eigenvalue weighted by molar-refractivity contribution is 5.49. The molecule has 0 fully saturated rings. The third-order valence-electron chi connectivity index (χ3n) is 2.64. The Labute approximate surface area is 98.1 Å². The van der Waals surface area contributed by atoms with Crippen LogP contribution in [0.3, 0.4) is 0 Å². The van der Waals surface area contributed by atoms with Crippen LogP contribution in [0.1, 0.15) is 11.3 Å². The molecule has 0 spiro atoms. The summed E-state index contributed by atoms with van der Waals surface area (Å²) >= 11 is 0. The number of nitrogens with zero attached hydrogens (tertiary/aromatic N) is 4. The van der Waals surface area contributed by atoms with Gasteiger partial charge in [-0.25, -0.2) is 9.97 Å². The van der Waals surface area contributed by atoms with Crippen molar-refractivity contribution in [3.05, 3.63) is 29.6 Å². The molecule has 1 aliphatic rings. The number of rotatable bonds is 2. The Hall–Kier alpha value is -2.08. The lowest BCUT2D eigenvalue weighted by molar-refractivity contribution is 0.392. The van der Waals surface area contributed by atoms with Crippen molar-refractivity contribution in [2.45, 2.75) is 13.1 Å². The standard InChI is InChI=1S/C11H11N5O/c1-17-10-3-2-8(15-16-10)11-13-5-7-4-12-6-9(7)14-11/h2-3,5,12H,4,6H2,1H3. The van der Waals surface area contributed by atoms with Crippen LogP contribution >= 0.6 is 0 Å². The van der Waals surface area contributed by atoms with Crippen molar-refractivity contribution in [1.82, 2.24) is 25.5 Å². The molecule has 2 aromatic rings. The minimum absolute atomic E-state index is 0.483. The minimum atomic E-state index is 0.483. The molecule has 6 nitrogen and oxygen atoms in total. The van der Waals surface area contributed by atoms with E-state index in [0.717, 1.165) is 24.3 Å². The predicted molar refractivity (Wildman–Crippen MR) is 60.2 cm³/mol. The average Bonchev–Trinajstić information content (AvgIpc) is 2.86. The molecule has 0 unspecified atom stereocenters. The zero-order valence-corrected chi connectivity index (χ0v) is 9.34. The summed E-state index contributed by atoms with van der Waals surface area (Å²) in [7, 11) is 1.56. The first-order chi connectivity index (χ1) is 8.36. The van der Waals surface area contributed by atoms with Gasteiger partial charge in [-0.2, -0.15) is 0 Å². The number of hydrogen-bond acceptors (Lipinski definition) is 6. The van der Waals surface area contributed by atoms with Crippen molar-refractivity contribution in [1.29, 1.82) is 0 Å². The summed E-state index contributed by atoms with van der Waals surface area (Å²) in [6.07, 6.45) is 1.84. The van der Waals surface area contributed by atoms with E-state index in [0.29, 0.717) is 17.4 Å². The molecule has 0 radical (unpaired) electrons. The van der Waals surface area contributed by atoms with Crippen LogP contribution in [-0.4, -0.2) is 27.3 Å². The molecule has 0 aliphatic carbocycles. The van der Waals surface area contributed by atoms with Crippen LogP contribution in [0.2, 0.25) is 0 Å². The van der Waals surface area contributed by atoms with Gasteiger partial charge in [-0.15, -0.1) is 10.2 Å². The van der Waals surface area contributed by atoms with Gasteiger partial charge in [0, 0.05) is 30.9 Å². The van der Waals surface area contributed by atoms with Crippen LogP contribution in [0.4, 0.5) is 0 Å². The number of ether oxygens (including phenoxy) is 1. The zero-order chi connectivity index (χ0) is 11.7. The summed E-state index contributed by atoms with van der Waals surface area (Å²) in [6, 6.07) is 3.55. The van der Waals surface area contributed by atoms with Crippen LogP contribution in [0.25, 0.3) is 11.5 Å². The summed E-state index contributed by atoms with van der Waals surface area (Å²) < 4.78 is 4.95. The van der Waals surface area contributed by atoms with E-state index in [1.165, 1.54) is 0 Å². The first-order valence-electron chi connectivity index (χ1n) is 5.30. The predicted octanol–water partition coefficient (Wildman–Crippen LogP) is 0.545. The highest BCUT2D eigenvalue weighted by atomic mass is 16.5. The number of nitrogens with one attached hydrogen (secondary N) is 1. The highest BCUT2D eigenvalue weighted by Gasteiger charge is 2.14. The van der Waals surface area contributed by atoms with E-state index < -0.39 is 0 Å². The molecule has 2 aromatic heterocycles. The Balaban J connectivity index is 1.97. The summed E-state index contributed by atoms with van der Waals surface area (Å²) in [6.45, 7) is 1.62. The molecule has 3 rings (SSSR count). The Bertz CT molecular complexity index is 540. The summed E-state index contributed by atoms with van der Waals surface area (Å²) in [4.78, 5) is 8.74. The first-order valence-corrected chi connectivity index (χ1v) is 5.30. The fraction of sp³-hybridized carbons (Fsp3) is 0.273. The quantitative estimate of drug-likeness (QED) is 0.810. The summed E-state index contributed by atoms with van der Waals surface area (Å²) in [5.74, 6) is 1.08. The van der Waals surface area contributed by atoms with Gasteiger partial charge in [-0.1, -0.05) is 0 Å². The summed E-state index contributed by atoms with van der Waals surface area (Å²) in [5, 5.41) is 11.2. The second kappa shape index (κ2) is 4.06. The van der Waals surface area contributed by atoms with Gasteiger partial charge in [-0.3, -0.25) is 0 Å². The normalized spacial score (nSPS) is 13.5. The Morgan fingerprint density at radius 3 is 2.94 bits per heavy atom. The van der Waals surface area contributed by atoms with Gasteiger partial charge in [0.2, 0.25) is 5.88 Å². The third kappa shape index (κ3) is 1.83. The lowest BCUT2D eigenvalue weighted by Crippen LogP contribution is -2.01. The fourth-order valence-corrected chi connectivity index (χ4v) is 1.73. The molecule has 0 saturated heterocycles. The van der Waals surface area contributed by atoms with Crippen LogP contribution in [0.15, 0.2) is 18.3 Å². The van der Waals surface area contributed by atoms with E-state index in [2.05, 4.69) is 25.5 Å². The smallest absolute Gasteiger partial charge is 0.233 e. The van der Waals surface area contributed by atoms with Gasteiger partial charge in [0.1, 0.15) is 5.69 Å². The second-order valence-electron chi connectivity index (χ2n) is 3.73. The van der Waals surface area contributed by atoms with Gasteiger partial charge >= 0.3 is 0 Å². The molecule has 0 bridgehead atoms. The Morgan fingerprint density at radius 1 is 1.24 bits per heavy atom. The number of methoxy groups -OCH3 is 1. The van der Waals surface area contributed by atoms with Gasteiger partial charge in [-0.05, 0) is 6.07 Å². The average molecular weight is 229 g/mol. The van der Waals surface area contributed by atoms with Crippen molar-refractivity contribution in [3.63, 3.8) is 0 Å². The molecule has 1 aliphatic heterocycles. The molecule has 0 atom stereocenters. The number of hydrogen-bond donors (Lipinski definition) is 1. The molecule has 0 aromatic carbocycles. The molecule has 6 heteroatoms. The van der Waals surface area contributed by atoms with Crippen LogP contribution in [0, 0.1) is 0 Å². The van der Waals surface area contributed by atoms with Crippen molar-refractivity contribution in [2.24, 2.45) is 0 Å². The largest absolute Gasteiger partial charge is 0.480 e. The van der Waals surface area contributed by atoms with E-state index in [-0.39, 0.29) is 0 Å². The van der Waals surface area contributed by atoms with Crippen molar-refractivity contribution in [2.75, 3.05) is 7.11 Å². The van der Waals surface area contributed by atoms with Gasteiger partial charge < -0.3 is 10.1 Å². The van der Waals surface area contributed by atoms with Gasteiger partial charge in [0.15, 0.2) is 5.82 Å². The van der Waals surface area contributed by atoms with E-state index in [4.69, 9.17) is 4.74 Å². The number of aromatic nitrogens is 4. The summed E-state index contributed by atoms with van der Waals surface area (Å²) in [5.41, 5.74) is 2.84. The van der Waals surface area contributed by atoms with Crippen LogP contribution in [-0.2, 0) is 13.1 Å². The van der Waals surface area contributed by atoms with E-state index in [1.54, 1.807) is 19.2 Å². The maximum Gasteiger partial charge on any atom is 0.233 e. The molecular formula is C11H11N5O. The van der Waals surface area contributed by atoms with Crippen molar-refractivity contribution < 1.29 is 4.74 Å². The molecule has 3 heterocycles. The van der Waals surface area contributed by atoms with Crippen LogP contribution in [0.5, 0.6) is 5.88 Å². The lowest BCUT2D eigenvalue weighted by atomic mass is 10.2. The zero-order valence-electron chi connectivity index (χ0n) is 9.34. The topological polar surface area (TPSA) is 72.8 Å². The monoisotopic (exact) mass is 229 g/mol. The van der Waals surface area contributed by atoms with Crippen LogP contribution < -0.4 is 10.1 Å². The van der Waals surface area contributed by atoms with Crippen molar-refractivity contribution >= 4 is 0 Å². The molecular weight excluding hydrogens is 218 g/mol. The van der Waals surface area contributed by atoms with Gasteiger partial charge in [0.05, 0.1) is 12.8 Å². The van der Waals surface area contributed by atoms with Gasteiger partial charge in [0.25, 0.3) is 0 Å². The lowest BCUT2D eigenvalue weighted by Gasteiger charge is -2.02. The van der Waals surface area contributed by atoms with E-state index in [9.17, 15) is 0 Å². The Kier molecular flexibility index (Phi) is 2.41. The SMILES string of the molecule is COc1ccc(-c2ncc3c(n2)CNC3)nn1. The third-order valence-corrected chi connectivity index (χ3v) is 2.64. The Morgan fingerprint density at radius 2 is 2.18 bits per heavy atom. The maximum atomic E-state index is 4.95. The molecule has 0 amide bonds. The molecule has 17 heavy (non-hydrogen) atoms. The molecule has 1 N–H and O–H groups in total. The molecule has 0 saturated carbocycles. The van der Waals surface area contributed by atoms with E-state index in [1.807, 2.05) is 6.20 Å². The maximum absolute atomic E-state index is 4.95. The minimum Gasteiger partial charge on any atom is -0.480 e. The highest BCUT2D eigenvalue weighted by Crippen LogP contribution is 2.17. The fourth-order valence-electron chi connectivity index (χ4n) is 1.73.